The molecule has 19 heavy (non-hydrogen) atoms. The lowest BCUT2D eigenvalue weighted by Gasteiger charge is -2.27. The minimum Gasteiger partial charge on any atom is -0.348 e. The summed E-state index contributed by atoms with van der Waals surface area (Å²) in [6, 6.07) is -0.112. The summed E-state index contributed by atoms with van der Waals surface area (Å²) in [5, 5.41) is 2.74. The summed E-state index contributed by atoms with van der Waals surface area (Å²) in [6.45, 7) is 2.47. The van der Waals surface area contributed by atoms with E-state index in [2.05, 4.69) is 9.71 Å². The molecule has 3 N–H and O–H groups in total. The number of carbonyl (C=O) groups is 1. The average Bonchev–Trinajstić information content (AvgIpc) is 2.36. The summed E-state index contributed by atoms with van der Waals surface area (Å²) >= 11 is 0. The van der Waals surface area contributed by atoms with E-state index in [0.29, 0.717) is 24.5 Å². The van der Waals surface area contributed by atoms with Crippen molar-refractivity contribution in [1.29, 1.82) is 0 Å². The van der Waals surface area contributed by atoms with Gasteiger partial charge in [-0.05, 0) is 19.1 Å². The van der Waals surface area contributed by atoms with Gasteiger partial charge in [-0.15, -0.1) is 4.40 Å². The predicted octanol–water partition coefficient (Wildman–Crippen LogP) is -1.05. The van der Waals surface area contributed by atoms with Crippen LogP contribution in [0.5, 0.6) is 0 Å². The molecule has 7 nitrogen and oxygen atoms in total. The van der Waals surface area contributed by atoms with Crippen LogP contribution in [0.3, 0.4) is 0 Å². The highest BCUT2D eigenvalue weighted by molar-refractivity contribution is 7.90. The molecule has 0 aliphatic carbocycles. The predicted molar refractivity (Wildman–Crippen MR) is 71.8 cm³/mol. The Balaban J connectivity index is 2.15. The lowest BCUT2D eigenvalue weighted by molar-refractivity contribution is -0.117. The second-order valence-electron chi connectivity index (χ2n) is 4.46. The number of amidine groups is 1. The standard InChI is InChI=1S/C11H16N4O3S/c1-8(6-12)13-11(16)9-2-3-10-14-19(17,18)5-4-15(10)7-9/h2-3,7-8H,4-6,12H2,1H3,(H,13,16)/t8-/m0/s1. The van der Waals surface area contributed by atoms with E-state index in [1.807, 2.05) is 6.92 Å². The van der Waals surface area contributed by atoms with Crippen molar-refractivity contribution in [3.63, 3.8) is 0 Å². The molecule has 8 heteroatoms. The average molecular weight is 284 g/mol. The van der Waals surface area contributed by atoms with E-state index in [-0.39, 0.29) is 17.7 Å². The van der Waals surface area contributed by atoms with Crippen molar-refractivity contribution < 1.29 is 13.2 Å². The number of nitrogens with one attached hydrogen (secondary N) is 1. The molecule has 0 fully saturated rings. The molecule has 0 unspecified atom stereocenters. The topological polar surface area (TPSA) is 105 Å². The summed E-state index contributed by atoms with van der Waals surface area (Å²) in [7, 11) is -3.37. The van der Waals surface area contributed by atoms with Crippen molar-refractivity contribution in [2.75, 3.05) is 18.8 Å². The van der Waals surface area contributed by atoms with E-state index in [1.165, 1.54) is 6.08 Å². The zero-order chi connectivity index (χ0) is 14.0. The first kappa shape index (κ1) is 13.8. The van der Waals surface area contributed by atoms with Crippen LogP contribution in [0.1, 0.15) is 6.92 Å². The van der Waals surface area contributed by atoms with Gasteiger partial charge in [0.2, 0.25) is 0 Å². The van der Waals surface area contributed by atoms with Gasteiger partial charge in [-0.1, -0.05) is 0 Å². The van der Waals surface area contributed by atoms with Crippen molar-refractivity contribution >= 4 is 21.8 Å². The fourth-order valence-corrected chi connectivity index (χ4v) is 2.67. The van der Waals surface area contributed by atoms with Gasteiger partial charge < -0.3 is 16.0 Å². The van der Waals surface area contributed by atoms with Crippen molar-refractivity contribution in [3.05, 3.63) is 23.9 Å². The highest BCUT2D eigenvalue weighted by atomic mass is 32.2. The van der Waals surface area contributed by atoms with Gasteiger partial charge in [-0.25, -0.2) is 8.42 Å². The largest absolute Gasteiger partial charge is 0.348 e. The smallest absolute Gasteiger partial charge is 0.256 e. The van der Waals surface area contributed by atoms with Crippen LogP contribution in [0.15, 0.2) is 28.3 Å². The Morgan fingerprint density at radius 1 is 1.58 bits per heavy atom. The number of sulfonamides is 1. The van der Waals surface area contributed by atoms with Crippen LogP contribution in [0.4, 0.5) is 0 Å². The zero-order valence-corrected chi connectivity index (χ0v) is 11.4. The Bertz CT molecular complexity index is 577. The Morgan fingerprint density at radius 3 is 3.00 bits per heavy atom. The molecular weight excluding hydrogens is 268 g/mol. The number of nitrogens with two attached hydrogens (primary N) is 1. The van der Waals surface area contributed by atoms with Crippen LogP contribution in [0, 0.1) is 0 Å². The van der Waals surface area contributed by atoms with Crippen LogP contribution in [0.2, 0.25) is 0 Å². The highest BCUT2D eigenvalue weighted by Gasteiger charge is 2.25. The molecule has 2 heterocycles. The van der Waals surface area contributed by atoms with Gasteiger partial charge >= 0.3 is 0 Å². The summed E-state index contributed by atoms with van der Waals surface area (Å²) in [5.74, 6) is 0.0611. The van der Waals surface area contributed by atoms with Crippen molar-refractivity contribution in [3.8, 4) is 0 Å². The molecule has 0 saturated heterocycles. The molecule has 2 rings (SSSR count). The van der Waals surface area contributed by atoms with Gasteiger partial charge in [0.15, 0.2) is 0 Å². The summed E-state index contributed by atoms with van der Waals surface area (Å²) in [4.78, 5) is 13.6. The maximum Gasteiger partial charge on any atom is 0.256 e. The zero-order valence-electron chi connectivity index (χ0n) is 10.5. The Hall–Kier alpha value is -1.67. The molecule has 0 radical (unpaired) electrons. The number of carbonyl (C=O) groups excluding carboxylic acids is 1. The molecule has 0 aromatic heterocycles. The fraction of sp³-hybridized carbons (Fsp3) is 0.455. The third-order valence-corrected chi connectivity index (χ3v) is 3.98. The number of amides is 1. The number of hydrogen-bond donors (Lipinski definition) is 2. The molecule has 0 bridgehead atoms. The molecule has 2 aliphatic heterocycles. The van der Waals surface area contributed by atoms with E-state index in [1.54, 1.807) is 17.2 Å². The minimum atomic E-state index is -3.37. The van der Waals surface area contributed by atoms with Crippen LogP contribution in [-0.2, 0) is 14.8 Å². The van der Waals surface area contributed by atoms with Gasteiger partial charge in [-0.3, -0.25) is 4.79 Å². The van der Waals surface area contributed by atoms with Gasteiger partial charge in [0.1, 0.15) is 5.84 Å². The minimum absolute atomic E-state index is 0.0467. The first-order valence-corrected chi connectivity index (χ1v) is 7.52. The van der Waals surface area contributed by atoms with Gasteiger partial charge in [0, 0.05) is 25.3 Å². The molecule has 0 aromatic carbocycles. The molecular formula is C11H16N4O3S. The van der Waals surface area contributed by atoms with Gasteiger partial charge in [0.05, 0.1) is 11.3 Å². The van der Waals surface area contributed by atoms with Gasteiger partial charge in [0.25, 0.3) is 15.9 Å². The number of rotatable bonds is 3. The molecule has 2 aliphatic rings. The van der Waals surface area contributed by atoms with Crippen LogP contribution in [0.25, 0.3) is 0 Å². The lowest BCUT2D eigenvalue weighted by Crippen LogP contribution is -2.41. The molecule has 104 valence electrons. The number of fused-ring (bicyclic) bond motifs is 1. The Morgan fingerprint density at radius 2 is 2.32 bits per heavy atom. The lowest BCUT2D eigenvalue weighted by atomic mass is 10.1. The highest BCUT2D eigenvalue weighted by Crippen LogP contribution is 2.15. The Labute approximate surface area is 111 Å². The van der Waals surface area contributed by atoms with E-state index in [9.17, 15) is 13.2 Å². The summed E-state index contributed by atoms with van der Waals surface area (Å²) in [5.41, 5.74) is 5.89. The van der Waals surface area contributed by atoms with Gasteiger partial charge in [-0.2, -0.15) is 0 Å². The molecule has 0 saturated carbocycles. The maximum absolute atomic E-state index is 11.9. The van der Waals surface area contributed by atoms with Crippen molar-refractivity contribution in [2.45, 2.75) is 13.0 Å². The quantitative estimate of drug-likeness (QED) is 0.688. The second kappa shape index (κ2) is 5.14. The SMILES string of the molecule is C[C@@H](CN)NC(=O)C1=CN2CCS(=O)(=O)N=C2C=C1. The first-order chi connectivity index (χ1) is 8.91. The molecule has 0 spiro atoms. The second-order valence-corrected chi connectivity index (χ2v) is 6.21. The van der Waals surface area contributed by atoms with E-state index in [0.717, 1.165) is 0 Å². The van der Waals surface area contributed by atoms with Crippen molar-refractivity contribution in [2.24, 2.45) is 10.1 Å². The molecule has 0 aromatic rings. The van der Waals surface area contributed by atoms with E-state index >= 15 is 0 Å². The third-order valence-electron chi connectivity index (χ3n) is 2.82. The number of hydrogen-bond acceptors (Lipinski definition) is 5. The van der Waals surface area contributed by atoms with E-state index in [4.69, 9.17) is 5.73 Å². The first-order valence-electron chi connectivity index (χ1n) is 5.91. The van der Waals surface area contributed by atoms with E-state index < -0.39 is 10.0 Å². The van der Waals surface area contributed by atoms with Crippen LogP contribution >= 0.6 is 0 Å². The third kappa shape index (κ3) is 3.21. The fourth-order valence-electron chi connectivity index (χ4n) is 1.70. The normalized spacial score (nSPS) is 22.1. The Kier molecular flexibility index (Phi) is 3.72. The number of nitrogens with zero attached hydrogens (tertiary/aromatic N) is 2. The van der Waals surface area contributed by atoms with Crippen LogP contribution < -0.4 is 11.1 Å². The van der Waals surface area contributed by atoms with Crippen LogP contribution in [-0.4, -0.2) is 49.9 Å². The summed E-state index contributed by atoms with van der Waals surface area (Å²) < 4.78 is 26.3. The molecule has 1 atom stereocenters. The molecule has 1 amide bonds. The van der Waals surface area contributed by atoms with Crippen molar-refractivity contribution in [1.82, 2.24) is 10.2 Å². The summed E-state index contributed by atoms with van der Waals surface area (Å²) in [6.07, 6.45) is 4.68. The maximum atomic E-state index is 11.9. The monoisotopic (exact) mass is 284 g/mol.